The number of esters is 1. The maximum atomic E-state index is 12.2. The van der Waals surface area contributed by atoms with E-state index in [0.29, 0.717) is 29.5 Å². The molecule has 0 aliphatic carbocycles. The molecular formula is C34H33N5O4S. The summed E-state index contributed by atoms with van der Waals surface area (Å²) in [6, 6.07) is 19.7. The van der Waals surface area contributed by atoms with Crippen molar-refractivity contribution in [1.29, 1.82) is 5.26 Å². The Morgan fingerprint density at radius 2 is 1.98 bits per heavy atom. The minimum atomic E-state index is -0.347. The highest BCUT2D eigenvalue weighted by Crippen LogP contribution is 2.31. The van der Waals surface area contributed by atoms with Crippen molar-refractivity contribution in [2.24, 2.45) is 0 Å². The molecule has 2 aromatic carbocycles. The third kappa shape index (κ3) is 5.66. The van der Waals surface area contributed by atoms with E-state index in [9.17, 15) is 10.1 Å². The van der Waals surface area contributed by atoms with Crippen molar-refractivity contribution in [3.63, 3.8) is 0 Å². The first-order chi connectivity index (χ1) is 21.6. The fourth-order valence-corrected chi connectivity index (χ4v) is 7.11. The van der Waals surface area contributed by atoms with E-state index in [4.69, 9.17) is 24.2 Å². The molecule has 1 atom stereocenters. The van der Waals surface area contributed by atoms with Gasteiger partial charge in [-0.05, 0) is 74.1 Å². The summed E-state index contributed by atoms with van der Waals surface area (Å²) in [6.07, 6.45) is 3.20. The molecule has 10 heteroatoms. The molecule has 7 rings (SSSR count). The van der Waals surface area contributed by atoms with E-state index >= 15 is 0 Å². The number of hydrogen-bond donors (Lipinski definition) is 0. The van der Waals surface area contributed by atoms with Gasteiger partial charge in [0, 0.05) is 39.9 Å². The maximum absolute atomic E-state index is 12.2. The standard InChI is InChI=1S/C34H33N5O4S/c1-41-34(40)23-7-8-29-30(17-23)39(19-26-11-15-42-26)31(36-29)20-38-13-9-22(10-14-38)28-3-2-4-32(37-28)43-21-25-6-5-24(18-35)27-12-16-44-33(25)27/h2-8,12,16-17,22,26H,9-11,13-15,19-21H2,1H3/t26-/m0/s1. The highest BCUT2D eigenvalue weighted by atomic mass is 32.1. The number of ether oxygens (including phenoxy) is 3. The minimum Gasteiger partial charge on any atom is -0.473 e. The number of piperidine rings is 1. The predicted molar refractivity (Wildman–Crippen MR) is 168 cm³/mol. The number of methoxy groups -OCH3 is 1. The van der Waals surface area contributed by atoms with Crippen molar-refractivity contribution < 1.29 is 19.0 Å². The second kappa shape index (κ2) is 12.4. The number of fused-ring (bicyclic) bond motifs is 2. The maximum Gasteiger partial charge on any atom is 0.337 e. The third-order valence-corrected chi connectivity index (χ3v) is 9.73. The van der Waals surface area contributed by atoms with Gasteiger partial charge in [-0.15, -0.1) is 11.3 Å². The number of nitriles is 1. The third-order valence-electron chi connectivity index (χ3n) is 8.74. The monoisotopic (exact) mass is 607 g/mol. The Hall–Kier alpha value is -4.30. The van der Waals surface area contributed by atoms with E-state index in [0.717, 1.165) is 90.2 Å². The summed E-state index contributed by atoms with van der Waals surface area (Å²) in [5.41, 5.74) is 5.16. The molecule has 2 saturated heterocycles. The SMILES string of the molecule is COC(=O)c1ccc2nc(CN3CCC(c4cccc(OCc5ccc(C#N)c6ccsc56)n4)CC3)n(C[C@@H]3CCO3)c2c1. The second-order valence-corrected chi connectivity index (χ2v) is 12.3. The molecular weight excluding hydrogens is 574 g/mol. The molecule has 5 heterocycles. The van der Waals surface area contributed by atoms with Gasteiger partial charge in [0.15, 0.2) is 0 Å². The van der Waals surface area contributed by atoms with Gasteiger partial charge in [0.05, 0.1) is 54.5 Å². The van der Waals surface area contributed by atoms with Gasteiger partial charge in [-0.1, -0.05) is 12.1 Å². The molecule has 0 N–H and O–H groups in total. The van der Waals surface area contributed by atoms with Crippen molar-refractivity contribution in [2.45, 2.75) is 51.0 Å². The first kappa shape index (κ1) is 28.5. The summed E-state index contributed by atoms with van der Waals surface area (Å²) >= 11 is 1.63. The fraction of sp³-hybridized carbons (Fsp3) is 0.353. The Labute approximate surface area is 259 Å². The summed E-state index contributed by atoms with van der Waals surface area (Å²) in [5, 5.41) is 12.4. The van der Waals surface area contributed by atoms with E-state index in [2.05, 4.69) is 21.6 Å². The van der Waals surface area contributed by atoms with Crippen LogP contribution in [0.15, 0.2) is 60.0 Å². The number of thiophene rings is 1. The van der Waals surface area contributed by atoms with Crippen molar-refractivity contribution in [2.75, 3.05) is 26.8 Å². The van der Waals surface area contributed by atoms with Crippen molar-refractivity contribution in [3.05, 3.63) is 88.2 Å². The van der Waals surface area contributed by atoms with Crippen LogP contribution >= 0.6 is 11.3 Å². The van der Waals surface area contributed by atoms with Crippen LogP contribution in [0.5, 0.6) is 5.88 Å². The Balaban J connectivity index is 1.01. The number of carbonyl (C=O) groups excluding carboxylic acids is 1. The van der Waals surface area contributed by atoms with Crippen LogP contribution < -0.4 is 4.74 Å². The Morgan fingerprint density at radius 1 is 1.11 bits per heavy atom. The molecule has 0 saturated carbocycles. The molecule has 0 spiro atoms. The molecule has 2 aliphatic rings. The van der Waals surface area contributed by atoms with Gasteiger partial charge in [-0.25, -0.2) is 14.8 Å². The quantitative estimate of drug-likeness (QED) is 0.187. The number of imidazole rings is 1. The van der Waals surface area contributed by atoms with Crippen molar-refractivity contribution >= 4 is 38.4 Å². The molecule has 224 valence electrons. The lowest BCUT2D eigenvalue weighted by atomic mass is 9.93. The summed E-state index contributed by atoms with van der Waals surface area (Å²) in [5.74, 6) is 1.63. The van der Waals surface area contributed by atoms with Crippen molar-refractivity contribution in [3.8, 4) is 11.9 Å². The average molecular weight is 608 g/mol. The Morgan fingerprint density at radius 3 is 2.75 bits per heavy atom. The lowest BCUT2D eigenvalue weighted by Crippen LogP contribution is -2.35. The predicted octanol–water partition coefficient (Wildman–Crippen LogP) is 6.05. The number of benzene rings is 2. The van der Waals surface area contributed by atoms with Gasteiger partial charge in [0.2, 0.25) is 5.88 Å². The first-order valence-electron chi connectivity index (χ1n) is 15.0. The number of hydrogen-bond acceptors (Lipinski definition) is 9. The van der Waals surface area contributed by atoms with Crippen LogP contribution in [0.2, 0.25) is 0 Å². The van der Waals surface area contributed by atoms with Crippen LogP contribution in [0.4, 0.5) is 0 Å². The average Bonchev–Trinajstić information content (AvgIpc) is 3.66. The van der Waals surface area contributed by atoms with Crippen LogP contribution in [-0.4, -0.2) is 58.3 Å². The summed E-state index contributed by atoms with van der Waals surface area (Å²) in [7, 11) is 1.40. The molecule has 0 unspecified atom stereocenters. The summed E-state index contributed by atoms with van der Waals surface area (Å²) in [6.45, 7) is 4.54. The van der Waals surface area contributed by atoms with Crippen molar-refractivity contribution in [1.82, 2.24) is 19.4 Å². The number of nitrogens with zero attached hydrogens (tertiary/aromatic N) is 5. The number of pyridine rings is 1. The van der Waals surface area contributed by atoms with Gasteiger partial charge >= 0.3 is 5.97 Å². The van der Waals surface area contributed by atoms with E-state index in [1.54, 1.807) is 17.4 Å². The van der Waals surface area contributed by atoms with E-state index in [1.165, 1.54) is 7.11 Å². The van der Waals surface area contributed by atoms with Crippen LogP contribution in [0.25, 0.3) is 21.1 Å². The fourth-order valence-electron chi connectivity index (χ4n) is 6.18. The first-order valence-corrected chi connectivity index (χ1v) is 15.9. The second-order valence-electron chi connectivity index (χ2n) is 11.4. The molecule has 5 aromatic rings. The normalized spacial score (nSPS) is 17.4. The Bertz CT molecular complexity index is 1860. The van der Waals surface area contributed by atoms with E-state index in [-0.39, 0.29) is 12.1 Å². The molecule has 0 bridgehead atoms. The molecule has 9 nitrogen and oxygen atoms in total. The van der Waals surface area contributed by atoms with Crippen LogP contribution in [0.1, 0.15) is 58.2 Å². The van der Waals surface area contributed by atoms with Crippen LogP contribution in [-0.2, 0) is 29.2 Å². The van der Waals surface area contributed by atoms with Gasteiger partial charge < -0.3 is 18.8 Å². The molecule has 0 radical (unpaired) electrons. The van der Waals surface area contributed by atoms with Crippen LogP contribution in [0.3, 0.4) is 0 Å². The highest BCUT2D eigenvalue weighted by Gasteiger charge is 2.26. The smallest absolute Gasteiger partial charge is 0.337 e. The van der Waals surface area contributed by atoms with Gasteiger partial charge in [-0.2, -0.15) is 5.26 Å². The molecule has 0 amide bonds. The zero-order chi connectivity index (χ0) is 30.0. The molecule has 2 aliphatic heterocycles. The minimum absolute atomic E-state index is 0.174. The largest absolute Gasteiger partial charge is 0.473 e. The lowest BCUT2D eigenvalue weighted by molar-refractivity contribution is -0.0592. The zero-order valence-electron chi connectivity index (χ0n) is 24.6. The van der Waals surface area contributed by atoms with Gasteiger partial charge in [0.1, 0.15) is 12.4 Å². The zero-order valence-corrected chi connectivity index (χ0v) is 25.4. The lowest BCUT2D eigenvalue weighted by Gasteiger charge is -2.32. The summed E-state index contributed by atoms with van der Waals surface area (Å²) < 4.78 is 20.2. The molecule has 3 aromatic heterocycles. The van der Waals surface area contributed by atoms with Crippen LogP contribution in [0, 0.1) is 11.3 Å². The van der Waals surface area contributed by atoms with E-state index in [1.807, 2.05) is 47.8 Å². The van der Waals surface area contributed by atoms with Gasteiger partial charge in [0.25, 0.3) is 0 Å². The van der Waals surface area contributed by atoms with E-state index < -0.39 is 0 Å². The Kier molecular flexibility index (Phi) is 8.00. The molecule has 2 fully saturated rings. The highest BCUT2D eigenvalue weighted by molar-refractivity contribution is 7.17. The summed E-state index contributed by atoms with van der Waals surface area (Å²) in [4.78, 5) is 24.5. The number of likely N-dealkylation sites (tertiary alicyclic amines) is 1. The number of aromatic nitrogens is 3. The number of carbonyl (C=O) groups is 1. The molecule has 44 heavy (non-hydrogen) atoms. The number of rotatable bonds is 9. The topological polar surface area (TPSA) is 102 Å². The van der Waals surface area contributed by atoms with Gasteiger partial charge in [-0.3, -0.25) is 4.90 Å².